The molecule has 116 valence electrons. The van der Waals surface area contributed by atoms with Gasteiger partial charge in [0.25, 0.3) is 0 Å². The molecule has 2 fully saturated rings. The van der Waals surface area contributed by atoms with Crippen molar-refractivity contribution in [2.75, 3.05) is 0 Å². The molecule has 0 aromatic heterocycles. The van der Waals surface area contributed by atoms with Crippen molar-refractivity contribution in [1.29, 1.82) is 0 Å². The van der Waals surface area contributed by atoms with E-state index in [9.17, 15) is 0 Å². The Kier molecular flexibility index (Phi) is 6.96. The van der Waals surface area contributed by atoms with Crippen LogP contribution in [0.5, 0.6) is 0 Å². The van der Waals surface area contributed by atoms with Gasteiger partial charge in [0.05, 0.1) is 12.4 Å². The zero-order chi connectivity index (χ0) is 14.2. The van der Waals surface area contributed by atoms with E-state index < -0.39 is 0 Å². The van der Waals surface area contributed by atoms with Gasteiger partial charge >= 0.3 is 0 Å². The van der Waals surface area contributed by atoms with E-state index in [0.717, 1.165) is 24.2 Å². The molecule has 0 saturated heterocycles. The van der Waals surface area contributed by atoms with Gasteiger partial charge in [0.2, 0.25) is 0 Å². The number of rotatable bonds is 6. The molecule has 0 unspecified atom stereocenters. The molecule has 2 aliphatic rings. The molecular formula is C19H34O. The Bertz CT molecular complexity index is 275. The maximum atomic E-state index is 5.92. The second-order valence-electron chi connectivity index (χ2n) is 7.03. The Morgan fingerprint density at radius 2 is 1.75 bits per heavy atom. The maximum Gasteiger partial charge on any atom is 0.0981 e. The van der Waals surface area contributed by atoms with Crippen molar-refractivity contribution < 1.29 is 4.74 Å². The molecule has 0 heterocycles. The van der Waals surface area contributed by atoms with Crippen molar-refractivity contribution in [3.8, 4) is 0 Å². The van der Waals surface area contributed by atoms with Crippen molar-refractivity contribution in [3.05, 3.63) is 12.3 Å². The van der Waals surface area contributed by atoms with Crippen LogP contribution in [-0.4, -0.2) is 6.10 Å². The molecule has 2 atom stereocenters. The first-order chi connectivity index (χ1) is 9.83. The summed E-state index contributed by atoms with van der Waals surface area (Å²) in [6, 6.07) is 0. The van der Waals surface area contributed by atoms with Gasteiger partial charge < -0.3 is 4.74 Å². The van der Waals surface area contributed by atoms with Gasteiger partial charge in [-0.1, -0.05) is 45.6 Å². The van der Waals surface area contributed by atoms with Crippen LogP contribution in [0.2, 0.25) is 0 Å². The monoisotopic (exact) mass is 278 g/mol. The highest BCUT2D eigenvalue weighted by molar-refractivity contribution is 4.84. The SMILES string of the molecule is CC/C=C/O[C@@H]1CCC[C@@H](C2CCC(CCC)CC2)C1. The lowest BCUT2D eigenvalue weighted by molar-refractivity contribution is 0.0511. The molecular weight excluding hydrogens is 244 g/mol. The van der Waals surface area contributed by atoms with E-state index in [2.05, 4.69) is 19.9 Å². The second kappa shape index (κ2) is 8.74. The minimum Gasteiger partial charge on any atom is -0.498 e. The van der Waals surface area contributed by atoms with E-state index >= 15 is 0 Å². The van der Waals surface area contributed by atoms with Gasteiger partial charge in [-0.05, 0) is 62.7 Å². The van der Waals surface area contributed by atoms with Gasteiger partial charge in [-0.15, -0.1) is 0 Å². The molecule has 0 amide bonds. The van der Waals surface area contributed by atoms with Crippen molar-refractivity contribution in [2.45, 2.75) is 90.6 Å². The normalized spacial score (nSPS) is 35.3. The lowest BCUT2D eigenvalue weighted by Crippen LogP contribution is -2.29. The molecule has 2 aliphatic carbocycles. The summed E-state index contributed by atoms with van der Waals surface area (Å²) in [4.78, 5) is 0. The Balaban J connectivity index is 1.74. The number of ether oxygens (including phenoxy) is 1. The zero-order valence-electron chi connectivity index (χ0n) is 13.7. The molecule has 2 rings (SSSR count). The number of hydrogen-bond donors (Lipinski definition) is 0. The van der Waals surface area contributed by atoms with Gasteiger partial charge in [0.15, 0.2) is 0 Å². The smallest absolute Gasteiger partial charge is 0.0981 e. The summed E-state index contributed by atoms with van der Waals surface area (Å²) in [7, 11) is 0. The predicted molar refractivity (Wildman–Crippen MR) is 86.6 cm³/mol. The standard InChI is InChI=1S/C19H34O/c1-3-5-14-20-19-9-6-8-18(15-19)17-12-10-16(7-4-2)11-13-17/h5,14,16-19H,3-4,6-13,15H2,1-2H3/b14-5+/t16?,17?,18-,19-/m1/s1. The fraction of sp³-hybridized carbons (Fsp3) is 0.895. The minimum absolute atomic E-state index is 0.505. The van der Waals surface area contributed by atoms with Gasteiger partial charge in [0, 0.05) is 0 Å². The zero-order valence-corrected chi connectivity index (χ0v) is 13.7. The summed E-state index contributed by atoms with van der Waals surface area (Å²) in [5, 5.41) is 0. The van der Waals surface area contributed by atoms with Crippen LogP contribution in [0.4, 0.5) is 0 Å². The van der Waals surface area contributed by atoms with Crippen molar-refractivity contribution in [2.24, 2.45) is 17.8 Å². The van der Waals surface area contributed by atoms with Crippen molar-refractivity contribution in [3.63, 3.8) is 0 Å². The molecule has 1 nitrogen and oxygen atoms in total. The molecule has 0 aliphatic heterocycles. The van der Waals surface area contributed by atoms with E-state index in [-0.39, 0.29) is 0 Å². The molecule has 0 spiro atoms. The molecule has 20 heavy (non-hydrogen) atoms. The van der Waals surface area contributed by atoms with E-state index in [1.807, 2.05) is 6.26 Å². The highest BCUT2D eigenvalue weighted by Gasteiger charge is 2.31. The molecule has 0 N–H and O–H groups in total. The van der Waals surface area contributed by atoms with E-state index in [0.29, 0.717) is 6.10 Å². The highest BCUT2D eigenvalue weighted by atomic mass is 16.5. The summed E-state index contributed by atoms with van der Waals surface area (Å²) in [5.74, 6) is 3.00. The Morgan fingerprint density at radius 1 is 0.950 bits per heavy atom. The molecule has 0 radical (unpaired) electrons. The van der Waals surface area contributed by atoms with Crippen LogP contribution < -0.4 is 0 Å². The fourth-order valence-corrected chi connectivity index (χ4v) is 4.35. The highest BCUT2D eigenvalue weighted by Crippen LogP contribution is 2.41. The lowest BCUT2D eigenvalue weighted by Gasteiger charge is -2.38. The van der Waals surface area contributed by atoms with Gasteiger partial charge in [0.1, 0.15) is 0 Å². The number of hydrogen-bond acceptors (Lipinski definition) is 1. The average molecular weight is 278 g/mol. The predicted octanol–water partition coefficient (Wildman–Crippen LogP) is 6.09. The summed E-state index contributed by atoms with van der Waals surface area (Å²) < 4.78 is 5.92. The third kappa shape index (κ3) is 4.82. The quantitative estimate of drug-likeness (QED) is 0.534. The third-order valence-electron chi connectivity index (χ3n) is 5.52. The molecule has 0 bridgehead atoms. The van der Waals surface area contributed by atoms with Gasteiger partial charge in [-0.3, -0.25) is 0 Å². The summed E-state index contributed by atoms with van der Waals surface area (Å²) in [6.45, 7) is 4.50. The summed E-state index contributed by atoms with van der Waals surface area (Å²) >= 11 is 0. The first-order valence-corrected chi connectivity index (χ1v) is 9.13. The minimum atomic E-state index is 0.505. The van der Waals surface area contributed by atoms with Crippen LogP contribution in [-0.2, 0) is 4.74 Å². The molecule has 1 heteroatoms. The summed E-state index contributed by atoms with van der Waals surface area (Å²) in [6.07, 6.45) is 19.9. The lowest BCUT2D eigenvalue weighted by atomic mass is 9.70. The first-order valence-electron chi connectivity index (χ1n) is 9.13. The van der Waals surface area contributed by atoms with Crippen molar-refractivity contribution in [1.82, 2.24) is 0 Å². The third-order valence-corrected chi connectivity index (χ3v) is 5.52. The Hall–Kier alpha value is -0.460. The molecule has 0 aromatic carbocycles. The van der Waals surface area contributed by atoms with E-state index in [4.69, 9.17) is 4.74 Å². The van der Waals surface area contributed by atoms with Crippen LogP contribution in [0, 0.1) is 17.8 Å². The maximum absolute atomic E-state index is 5.92. The summed E-state index contributed by atoms with van der Waals surface area (Å²) in [5.41, 5.74) is 0. The van der Waals surface area contributed by atoms with Crippen molar-refractivity contribution >= 4 is 0 Å². The fourth-order valence-electron chi connectivity index (χ4n) is 4.35. The second-order valence-corrected chi connectivity index (χ2v) is 7.03. The van der Waals surface area contributed by atoms with Gasteiger partial charge in [-0.25, -0.2) is 0 Å². The van der Waals surface area contributed by atoms with E-state index in [1.54, 1.807) is 0 Å². The van der Waals surface area contributed by atoms with Crippen LogP contribution in [0.3, 0.4) is 0 Å². The van der Waals surface area contributed by atoms with Crippen LogP contribution >= 0.6 is 0 Å². The first kappa shape index (κ1) is 15.9. The molecule has 2 saturated carbocycles. The van der Waals surface area contributed by atoms with Crippen LogP contribution in [0.15, 0.2) is 12.3 Å². The van der Waals surface area contributed by atoms with E-state index in [1.165, 1.54) is 64.2 Å². The topological polar surface area (TPSA) is 9.23 Å². The van der Waals surface area contributed by atoms with Gasteiger partial charge in [-0.2, -0.15) is 0 Å². The Labute approximate surface area is 126 Å². The number of allylic oxidation sites excluding steroid dienone is 1. The Morgan fingerprint density at radius 3 is 2.45 bits per heavy atom. The van der Waals surface area contributed by atoms with Crippen LogP contribution in [0.25, 0.3) is 0 Å². The molecule has 0 aromatic rings. The average Bonchev–Trinajstić information content (AvgIpc) is 2.49. The van der Waals surface area contributed by atoms with Crippen LogP contribution in [0.1, 0.15) is 84.5 Å². The largest absolute Gasteiger partial charge is 0.498 e.